The van der Waals surface area contributed by atoms with E-state index in [0.29, 0.717) is 19.1 Å². The second-order valence-corrected chi connectivity index (χ2v) is 5.01. The molecule has 0 bridgehead atoms. The molecule has 1 unspecified atom stereocenters. The minimum atomic E-state index is -4.65. The molecule has 94 valence electrons. The molecule has 0 amide bonds. The number of hydrogen-bond donors (Lipinski definition) is 0. The summed E-state index contributed by atoms with van der Waals surface area (Å²) in [4.78, 5) is 3.95. The van der Waals surface area contributed by atoms with Crippen LogP contribution in [0.15, 0.2) is 0 Å². The third-order valence-corrected chi connectivity index (χ3v) is 3.62. The van der Waals surface area contributed by atoms with Crippen LogP contribution in [0.1, 0.15) is 25.7 Å². The van der Waals surface area contributed by atoms with Crippen molar-refractivity contribution in [3.05, 3.63) is 0 Å². The number of rotatable bonds is 3. The summed E-state index contributed by atoms with van der Waals surface area (Å²) in [6.45, 7) is -1.27. The molecular weight excluding hydrogens is 216 g/mol. The second-order valence-electron chi connectivity index (χ2n) is 5.01. The Hall–Kier alpha value is -0.225. The van der Waals surface area contributed by atoms with Crippen molar-refractivity contribution >= 4 is 6.98 Å². The Morgan fingerprint density at radius 1 is 1.00 bits per heavy atom. The molecule has 2 fully saturated rings. The van der Waals surface area contributed by atoms with Gasteiger partial charge in [0, 0.05) is 12.6 Å². The van der Waals surface area contributed by atoms with Crippen molar-refractivity contribution in [2.45, 2.75) is 31.7 Å². The van der Waals surface area contributed by atoms with Gasteiger partial charge in [-0.05, 0) is 45.3 Å². The summed E-state index contributed by atoms with van der Waals surface area (Å²) in [5.74, 6) is 0. The smallest absolute Gasteiger partial charge is 0.448 e. The molecule has 0 aliphatic carbocycles. The van der Waals surface area contributed by atoms with Crippen LogP contribution in [-0.2, 0) is 0 Å². The molecule has 2 heterocycles. The summed E-state index contributed by atoms with van der Waals surface area (Å²) in [5, 5.41) is 0. The molecule has 2 aliphatic heterocycles. The van der Waals surface area contributed by atoms with Gasteiger partial charge in [-0.3, -0.25) is 4.90 Å². The minimum Gasteiger partial charge on any atom is -0.448 e. The Morgan fingerprint density at radius 2 is 1.69 bits per heavy atom. The SMILES string of the molecule is F[B-](F)(F)CN1CCC(N2CCCCC2)C1. The summed E-state index contributed by atoms with van der Waals surface area (Å²) in [6.07, 6.45) is 3.93. The lowest BCUT2D eigenvalue weighted by molar-refractivity contribution is 0.163. The van der Waals surface area contributed by atoms with E-state index >= 15 is 0 Å². The van der Waals surface area contributed by atoms with Crippen LogP contribution in [0, 0.1) is 0 Å². The zero-order valence-corrected chi connectivity index (χ0v) is 9.55. The molecule has 2 saturated heterocycles. The summed E-state index contributed by atoms with van der Waals surface area (Å²) >= 11 is 0. The van der Waals surface area contributed by atoms with Crippen LogP contribution in [0.25, 0.3) is 0 Å². The van der Waals surface area contributed by atoms with Crippen molar-refractivity contribution < 1.29 is 12.9 Å². The van der Waals surface area contributed by atoms with E-state index < -0.39 is 13.4 Å². The Labute approximate surface area is 94.8 Å². The van der Waals surface area contributed by atoms with Crippen LogP contribution in [0.5, 0.6) is 0 Å². The number of likely N-dealkylation sites (tertiary alicyclic amines) is 2. The molecule has 0 aromatic rings. The largest absolute Gasteiger partial charge is 0.492 e. The predicted octanol–water partition coefficient (Wildman–Crippen LogP) is 1.93. The van der Waals surface area contributed by atoms with E-state index in [1.165, 1.54) is 19.3 Å². The lowest BCUT2D eigenvalue weighted by Gasteiger charge is -2.32. The standard InChI is InChI=1S/C10H19BF3N2/c12-11(13,14)9-15-7-4-10(8-15)16-5-2-1-3-6-16/h10H,1-9H2/q-1. The number of hydrogen-bond acceptors (Lipinski definition) is 2. The topological polar surface area (TPSA) is 6.48 Å². The minimum absolute atomic E-state index is 0.374. The van der Waals surface area contributed by atoms with Gasteiger partial charge in [0.2, 0.25) is 0 Å². The molecule has 1 atom stereocenters. The highest BCUT2D eigenvalue weighted by Crippen LogP contribution is 2.22. The maximum absolute atomic E-state index is 12.3. The normalized spacial score (nSPS) is 29.8. The molecule has 2 rings (SSSR count). The zero-order chi connectivity index (χ0) is 11.6. The molecule has 0 aromatic carbocycles. The Kier molecular flexibility index (Phi) is 3.79. The van der Waals surface area contributed by atoms with Gasteiger partial charge in [-0.15, -0.1) is 0 Å². The van der Waals surface area contributed by atoms with Crippen LogP contribution in [0.3, 0.4) is 0 Å². The fourth-order valence-corrected chi connectivity index (χ4v) is 2.85. The van der Waals surface area contributed by atoms with E-state index in [9.17, 15) is 12.9 Å². The first-order valence-electron chi connectivity index (χ1n) is 6.22. The van der Waals surface area contributed by atoms with E-state index in [-0.39, 0.29) is 0 Å². The Balaban J connectivity index is 1.78. The van der Waals surface area contributed by atoms with Gasteiger partial charge in [0.25, 0.3) is 0 Å². The molecule has 0 spiro atoms. The van der Waals surface area contributed by atoms with Crippen LogP contribution in [0.4, 0.5) is 12.9 Å². The lowest BCUT2D eigenvalue weighted by atomic mass is 9.91. The summed E-state index contributed by atoms with van der Waals surface area (Å²) in [6, 6.07) is 0.374. The molecule has 0 saturated carbocycles. The number of nitrogens with zero attached hydrogens (tertiary/aromatic N) is 2. The van der Waals surface area contributed by atoms with Gasteiger partial charge in [-0.25, -0.2) is 0 Å². The van der Waals surface area contributed by atoms with Gasteiger partial charge in [0.05, 0.1) is 0 Å². The van der Waals surface area contributed by atoms with E-state index in [1.807, 2.05) is 0 Å². The molecule has 0 N–H and O–H groups in total. The lowest BCUT2D eigenvalue weighted by Crippen LogP contribution is -2.42. The van der Waals surface area contributed by atoms with E-state index in [1.54, 1.807) is 4.90 Å². The van der Waals surface area contributed by atoms with Gasteiger partial charge in [-0.2, -0.15) is 0 Å². The molecular formula is C10H19BF3N2-. The van der Waals surface area contributed by atoms with Crippen molar-refractivity contribution in [2.75, 3.05) is 32.6 Å². The van der Waals surface area contributed by atoms with Gasteiger partial charge in [0.1, 0.15) is 0 Å². The third-order valence-electron chi connectivity index (χ3n) is 3.62. The fraction of sp³-hybridized carbons (Fsp3) is 1.00. The maximum atomic E-state index is 12.3. The molecule has 16 heavy (non-hydrogen) atoms. The van der Waals surface area contributed by atoms with Crippen LogP contribution < -0.4 is 0 Å². The first-order valence-corrected chi connectivity index (χ1v) is 6.22. The van der Waals surface area contributed by atoms with Crippen molar-refractivity contribution in [1.29, 1.82) is 0 Å². The molecule has 0 aromatic heterocycles. The summed E-state index contributed by atoms with van der Waals surface area (Å²) in [7, 11) is 0. The van der Waals surface area contributed by atoms with Gasteiger partial charge in [-0.1, -0.05) is 6.42 Å². The Bertz CT molecular complexity index is 229. The van der Waals surface area contributed by atoms with Gasteiger partial charge >= 0.3 is 6.98 Å². The summed E-state index contributed by atoms with van der Waals surface area (Å²) in [5.41, 5.74) is 0. The highest BCUT2D eigenvalue weighted by atomic mass is 19.4. The highest BCUT2D eigenvalue weighted by Gasteiger charge is 2.33. The van der Waals surface area contributed by atoms with Gasteiger partial charge in [0.15, 0.2) is 0 Å². The first-order chi connectivity index (χ1) is 7.54. The van der Waals surface area contributed by atoms with Crippen molar-refractivity contribution in [2.24, 2.45) is 0 Å². The molecule has 2 aliphatic rings. The van der Waals surface area contributed by atoms with Crippen molar-refractivity contribution in [3.63, 3.8) is 0 Å². The highest BCUT2D eigenvalue weighted by molar-refractivity contribution is 6.58. The number of halogens is 3. The average molecular weight is 235 g/mol. The summed E-state index contributed by atoms with van der Waals surface area (Å²) < 4.78 is 36.9. The molecule has 2 nitrogen and oxygen atoms in total. The third kappa shape index (κ3) is 3.38. The van der Waals surface area contributed by atoms with Crippen molar-refractivity contribution in [3.8, 4) is 0 Å². The zero-order valence-electron chi connectivity index (χ0n) is 9.55. The van der Waals surface area contributed by atoms with Crippen LogP contribution in [0.2, 0.25) is 0 Å². The molecule has 0 radical (unpaired) electrons. The van der Waals surface area contributed by atoms with Crippen LogP contribution >= 0.6 is 0 Å². The van der Waals surface area contributed by atoms with Crippen molar-refractivity contribution in [1.82, 2.24) is 9.80 Å². The van der Waals surface area contributed by atoms with E-state index in [0.717, 1.165) is 19.5 Å². The fourth-order valence-electron chi connectivity index (χ4n) is 2.85. The number of piperidine rings is 1. The van der Waals surface area contributed by atoms with Crippen LogP contribution in [-0.4, -0.2) is 55.4 Å². The maximum Gasteiger partial charge on any atom is 0.492 e. The quantitative estimate of drug-likeness (QED) is 0.689. The first kappa shape index (κ1) is 12.2. The van der Waals surface area contributed by atoms with Gasteiger partial charge < -0.3 is 17.8 Å². The molecule has 6 heteroatoms. The predicted molar refractivity (Wildman–Crippen MR) is 59.3 cm³/mol. The monoisotopic (exact) mass is 235 g/mol. The average Bonchev–Trinajstić information content (AvgIpc) is 2.65. The van der Waals surface area contributed by atoms with E-state index in [4.69, 9.17) is 0 Å². The Morgan fingerprint density at radius 3 is 2.31 bits per heavy atom. The van der Waals surface area contributed by atoms with E-state index in [2.05, 4.69) is 4.90 Å². The second kappa shape index (κ2) is 4.96.